The third-order valence-corrected chi connectivity index (χ3v) is 3.89. The highest BCUT2D eigenvalue weighted by molar-refractivity contribution is 5.80. The van der Waals surface area contributed by atoms with Gasteiger partial charge in [0.25, 0.3) is 5.56 Å². The Morgan fingerprint density at radius 3 is 2.88 bits per heavy atom. The van der Waals surface area contributed by atoms with Crippen molar-refractivity contribution in [2.45, 2.75) is 26.3 Å². The molecule has 3 rings (SSSR count). The van der Waals surface area contributed by atoms with Crippen LogP contribution in [0, 0.1) is 6.92 Å². The number of aryl methyl sites for hydroxylation is 2. The Bertz CT molecular complexity index is 917. The molecule has 5 heteroatoms. The maximum Gasteiger partial charge on any atom is 0.251 e. The van der Waals surface area contributed by atoms with Gasteiger partial charge in [0.05, 0.1) is 12.2 Å². The van der Waals surface area contributed by atoms with E-state index in [1.54, 1.807) is 6.20 Å². The van der Waals surface area contributed by atoms with Crippen molar-refractivity contribution in [3.05, 3.63) is 75.8 Å². The maximum absolute atomic E-state index is 12.1. The first-order valence-electron chi connectivity index (χ1n) is 7.91. The number of fused-ring (bicyclic) bond motifs is 1. The minimum atomic E-state index is -0.135. The second-order valence-corrected chi connectivity index (χ2v) is 5.81. The number of amides is 1. The summed E-state index contributed by atoms with van der Waals surface area (Å²) in [6.07, 6.45) is 2.37. The highest BCUT2D eigenvalue weighted by Crippen LogP contribution is 2.13. The Morgan fingerprint density at radius 2 is 2.08 bits per heavy atom. The van der Waals surface area contributed by atoms with Crippen LogP contribution >= 0.6 is 0 Å². The lowest BCUT2D eigenvalue weighted by Gasteiger charge is -2.06. The summed E-state index contributed by atoms with van der Waals surface area (Å²) in [6.45, 7) is 2.40. The summed E-state index contributed by atoms with van der Waals surface area (Å²) in [5.74, 6) is -0.0932. The molecule has 122 valence electrons. The molecule has 0 saturated heterocycles. The Morgan fingerprint density at radius 1 is 1.21 bits per heavy atom. The van der Waals surface area contributed by atoms with Gasteiger partial charge in [0.15, 0.2) is 0 Å². The molecule has 2 N–H and O–H groups in total. The van der Waals surface area contributed by atoms with Crippen LogP contribution in [-0.2, 0) is 17.8 Å². The molecule has 0 aliphatic heterocycles. The molecule has 3 aromatic rings. The van der Waals surface area contributed by atoms with E-state index in [0.29, 0.717) is 18.5 Å². The number of hydrogen-bond donors (Lipinski definition) is 2. The van der Waals surface area contributed by atoms with Crippen LogP contribution in [0.3, 0.4) is 0 Å². The fourth-order valence-electron chi connectivity index (χ4n) is 2.59. The highest BCUT2D eigenvalue weighted by atomic mass is 16.1. The van der Waals surface area contributed by atoms with Crippen molar-refractivity contribution in [1.82, 2.24) is 15.3 Å². The van der Waals surface area contributed by atoms with Crippen LogP contribution in [0.5, 0.6) is 0 Å². The first-order valence-corrected chi connectivity index (χ1v) is 7.91. The van der Waals surface area contributed by atoms with Crippen molar-refractivity contribution in [3.63, 3.8) is 0 Å². The van der Waals surface area contributed by atoms with Gasteiger partial charge in [0.2, 0.25) is 5.91 Å². The van der Waals surface area contributed by atoms with Crippen molar-refractivity contribution in [2.75, 3.05) is 0 Å². The molecule has 0 radical (unpaired) electrons. The Balaban J connectivity index is 1.63. The van der Waals surface area contributed by atoms with Crippen LogP contribution in [0.1, 0.15) is 23.2 Å². The van der Waals surface area contributed by atoms with Gasteiger partial charge in [-0.15, -0.1) is 0 Å². The van der Waals surface area contributed by atoms with Crippen molar-refractivity contribution >= 4 is 16.8 Å². The van der Waals surface area contributed by atoms with Crippen LogP contribution in [0.2, 0.25) is 0 Å². The minimum Gasteiger partial charge on any atom is -0.350 e. The number of pyridine rings is 2. The van der Waals surface area contributed by atoms with E-state index in [4.69, 9.17) is 0 Å². The van der Waals surface area contributed by atoms with Gasteiger partial charge in [-0.2, -0.15) is 0 Å². The molecule has 0 atom stereocenters. The van der Waals surface area contributed by atoms with Crippen molar-refractivity contribution in [2.24, 2.45) is 0 Å². The smallest absolute Gasteiger partial charge is 0.251 e. The number of nitrogens with one attached hydrogen (secondary N) is 2. The zero-order valence-corrected chi connectivity index (χ0v) is 13.5. The van der Waals surface area contributed by atoms with Gasteiger partial charge in [-0.3, -0.25) is 14.6 Å². The van der Waals surface area contributed by atoms with Crippen LogP contribution in [-0.4, -0.2) is 15.9 Å². The monoisotopic (exact) mass is 321 g/mol. The summed E-state index contributed by atoms with van der Waals surface area (Å²) in [5.41, 5.74) is 3.25. The SMILES string of the molecule is Cc1ccc2[nH]c(=O)c(CCC(=O)NCc3ccccn3)cc2c1. The minimum absolute atomic E-state index is 0.0932. The Kier molecular flexibility index (Phi) is 4.70. The lowest BCUT2D eigenvalue weighted by Crippen LogP contribution is -2.24. The summed E-state index contributed by atoms with van der Waals surface area (Å²) < 4.78 is 0. The maximum atomic E-state index is 12.1. The molecule has 2 heterocycles. The molecule has 5 nitrogen and oxygen atoms in total. The highest BCUT2D eigenvalue weighted by Gasteiger charge is 2.07. The van der Waals surface area contributed by atoms with E-state index in [1.807, 2.05) is 49.4 Å². The summed E-state index contributed by atoms with van der Waals surface area (Å²) >= 11 is 0. The Hall–Kier alpha value is -2.95. The molecule has 0 saturated carbocycles. The predicted octanol–water partition coefficient (Wildman–Crippen LogP) is 2.48. The van der Waals surface area contributed by atoms with Gasteiger partial charge >= 0.3 is 0 Å². The summed E-state index contributed by atoms with van der Waals surface area (Å²) in [7, 11) is 0. The molecule has 0 aliphatic rings. The molecule has 0 spiro atoms. The molecular weight excluding hydrogens is 302 g/mol. The van der Waals surface area contributed by atoms with Gasteiger partial charge in [-0.05, 0) is 49.1 Å². The number of benzene rings is 1. The average molecular weight is 321 g/mol. The number of carbonyl (C=O) groups is 1. The molecule has 0 unspecified atom stereocenters. The first-order chi connectivity index (χ1) is 11.6. The molecule has 24 heavy (non-hydrogen) atoms. The van der Waals surface area contributed by atoms with Gasteiger partial charge in [-0.25, -0.2) is 0 Å². The van der Waals surface area contributed by atoms with E-state index in [9.17, 15) is 9.59 Å². The molecule has 0 fully saturated rings. The number of hydrogen-bond acceptors (Lipinski definition) is 3. The second-order valence-electron chi connectivity index (χ2n) is 5.81. The van der Waals surface area contributed by atoms with Crippen LogP contribution in [0.15, 0.2) is 53.5 Å². The summed E-state index contributed by atoms with van der Waals surface area (Å²) in [4.78, 5) is 31.1. The normalized spacial score (nSPS) is 10.7. The average Bonchev–Trinajstić information content (AvgIpc) is 2.59. The third-order valence-electron chi connectivity index (χ3n) is 3.89. The predicted molar refractivity (Wildman–Crippen MR) is 93.7 cm³/mol. The number of aromatic amines is 1. The van der Waals surface area contributed by atoms with Gasteiger partial charge in [-0.1, -0.05) is 17.7 Å². The topological polar surface area (TPSA) is 74.8 Å². The van der Waals surface area contributed by atoms with E-state index < -0.39 is 0 Å². The quantitative estimate of drug-likeness (QED) is 0.758. The van der Waals surface area contributed by atoms with Crippen LogP contribution < -0.4 is 10.9 Å². The number of carbonyl (C=O) groups excluding carboxylic acids is 1. The second kappa shape index (κ2) is 7.08. The number of aromatic nitrogens is 2. The van der Waals surface area contributed by atoms with Gasteiger partial charge in [0, 0.05) is 23.7 Å². The number of H-pyrrole nitrogens is 1. The largest absolute Gasteiger partial charge is 0.350 e. The third kappa shape index (κ3) is 3.87. The summed E-state index contributed by atoms with van der Waals surface area (Å²) in [6, 6.07) is 13.3. The molecule has 1 amide bonds. The molecule has 2 aromatic heterocycles. The van der Waals surface area contributed by atoms with Gasteiger partial charge < -0.3 is 10.3 Å². The Labute approximate surface area is 139 Å². The lowest BCUT2D eigenvalue weighted by molar-refractivity contribution is -0.121. The van der Waals surface area contributed by atoms with Crippen LogP contribution in [0.25, 0.3) is 10.9 Å². The van der Waals surface area contributed by atoms with E-state index in [1.165, 1.54) is 0 Å². The van der Waals surface area contributed by atoms with Crippen molar-refractivity contribution in [3.8, 4) is 0 Å². The fourth-order valence-corrected chi connectivity index (χ4v) is 2.59. The number of rotatable bonds is 5. The van der Waals surface area contributed by atoms with E-state index in [-0.39, 0.29) is 17.9 Å². The van der Waals surface area contributed by atoms with E-state index in [0.717, 1.165) is 22.2 Å². The standard InChI is InChI=1S/C19H19N3O2/c1-13-5-7-17-15(10-13)11-14(19(24)22-17)6-8-18(23)21-12-16-4-2-3-9-20-16/h2-5,7,9-11H,6,8,12H2,1H3,(H,21,23)(H,22,24). The molecule has 0 aliphatic carbocycles. The number of nitrogens with zero attached hydrogens (tertiary/aromatic N) is 1. The van der Waals surface area contributed by atoms with Crippen LogP contribution in [0.4, 0.5) is 0 Å². The lowest BCUT2D eigenvalue weighted by atomic mass is 10.1. The van der Waals surface area contributed by atoms with E-state index in [2.05, 4.69) is 15.3 Å². The van der Waals surface area contributed by atoms with Gasteiger partial charge in [0.1, 0.15) is 0 Å². The van der Waals surface area contributed by atoms with E-state index >= 15 is 0 Å². The van der Waals surface area contributed by atoms with Crippen molar-refractivity contribution in [1.29, 1.82) is 0 Å². The zero-order valence-electron chi connectivity index (χ0n) is 13.5. The molecule has 0 bridgehead atoms. The molecular formula is C19H19N3O2. The first kappa shape index (κ1) is 15.9. The fraction of sp³-hybridized carbons (Fsp3) is 0.211. The summed E-state index contributed by atoms with van der Waals surface area (Å²) in [5, 5.41) is 3.81. The molecule has 1 aromatic carbocycles. The zero-order chi connectivity index (χ0) is 16.9. The van der Waals surface area contributed by atoms with Crippen molar-refractivity contribution < 1.29 is 4.79 Å².